The molecule has 0 N–H and O–H groups in total. The lowest BCUT2D eigenvalue weighted by atomic mass is 10.1. The van der Waals surface area contributed by atoms with Gasteiger partial charge in [0, 0.05) is 24.7 Å². The number of amides is 1. The van der Waals surface area contributed by atoms with Crippen molar-refractivity contribution in [2.75, 3.05) is 18.6 Å². The minimum atomic E-state index is -0.0565. The van der Waals surface area contributed by atoms with Crippen molar-refractivity contribution in [3.05, 3.63) is 66.0 Å². The Morgan fingerprint density at radius 1 is 1.21 bits per heavy atom. The van der Waals surface area contributed by atoms with Crippen molar-refractivity contribution in [2.45, 2.75) is 6.42 Å². The second kappa shape index (κ2) is 5.81. The Balaban J connectivity index is 1.56. The van der Waals surface area contributed by atoms with Gasteiger partial charge in [0.05, 0.1) is 24.7 Å². The average Bonchev–Trinajstić information content (AvgIpc) is 3.31. The quantitative estimate of drug-likeness (QED) is 0.744. The summed E-state index contributed by atoms with van der Waals surface area (Å²) < 4.78 is 7.16. The molecular weight excluding hydrogens is 304 g/mol. The molecule has 0 fully saturated rings. The van der Waals surface area contributed by atoms with Gasteiger partial charge in [0.2, 0.25) is 0 Å². The molecule has 2 aromatic carbocycles. The molecule has 1 aliphatic rings. The van der Waals surface area contributed by atoms with E-state index in [1.807, 2.05) is 30.3 Å². The monoisotopic (exact) mass is 320 g/mol. The van der Waals surface area contributed by atoms with Crippen LogP contribution in [0, 0.1) is 0 Å². The van der Waals surface area contributed by atoms with Gasteiger partial charge in [-0.15, -0.1) is 5.10 Å². The molecule has 0 radical (unpaired) electrons. The minimum Gasteiger partial charge on any atom is -0.493 e. The molecule has 0 bridgehead atoms. The van der Waals surface area contributed by atoms with Crippen LogP contribution >= 0.6 is 0 Å². The van der Waals surface area contributed by atoms with Crippen molar-refractivity contribution in [1.29, 1.82) is 0 Å². The number of ether oxygens (including phenoxy) is 1. The van der Waals surface area contributed by atoms with Gasteiger partial charge in [-0.25, -0.2) is 4.68 Å². The molecule has 0 spiro atoms. The van der Waals surface area contributed by atoms with E-state index in [9.17, 15) is 4.79 Å². The molecule has 2 heterocycles. The summed E-state index contributed by atoms with van der Waals surface area (Å²) in [6.45, 7) is 0.709. The third-order valence-corrected chi connectivity index (χ3v) is 4.17. The Morgan fingerprint density at radius 3 is 2.79 bits per heavy atom. The fourth-order valence-corrected chi connectivity index (χ4v) is 2.80. The molecule has 120 valence electrons. The predicted octanol–water partition coefficient (Wildman–Crippen LogP) is 2.48. The molecular formula is C18H16N4O2. The average molecular weight is 320 g/mol. The second-order valence-electron chi connectivity index (χ2n) is 5.65. The second-order valence-corrected chi connectivity index (χ2v) is 5.65. The number of carbonyl (C=O) groups excluding carboxylic acids is 1. The van der Waals surface area contributed by atoms with E-state index in [2.05, 4.69) is 10.3 Å². The van der Waals surface area contributed by atoms with E-state index in [-0.39, 0.29) is 5.91 Å². The SMILES string of the molecule is CN(C(=O)c1ccc(-n2ccnn2)cc1)c1ccc2c(c1)CCO2. The highest BCUT2D eigenvalue weighted by molar-refractivity contribution is 6.05. The number of carbonyl (C=O) groups is 1. The molecule has 0 atom stereocenters. The molecule has 1 aliphatic heterocycles. The molecule has 0 saturated heterocycles. The Kier molecular flexibility index (Phi) is 3.49. The maximum absolute atomic E-state index is 12.7. The zero-order valence-electron chi connectivity index (χ0n) is 13.2. The normalized spacial score (nSPS) is 12.5. The first-order valence-electron chi connectivity index (χ1n) is 7.73. The van der Waals surface area contributed by atoms with E-state index in [1.165, 1.54) is 0 Å². The zero-order valence-corrected chi connectivity index (χ0v) is 13.2. The van der Waals surface area contributed by atoms with E-state index >= 15 is 0 Å². The van der Waals surface area contributed by atoms with Gasteiger partial charge in [-0.05, 0) is 48.0 Å². The largest absolute Gasteiger partial charge is 0.493 e. The van der Waals surface area contributed by atoms with Gasteiger partial charge < -0.3 is 9.64 Å². The Bertz CT molecular complexity index is 873. The molecule has 6 nitrogen and oxygen atoms in total. The first-order chi connectivity index (χ1) is 11.7. The van der Waals surface area contributed by atoms with Gasteiger partial charge >= 0.3 is 0 Å². The summed E-state index contributed by atoms with van der Waals surface area (Å²) in [6.07, 6.45) is 4.26. The number of rotatable bonds is 3. The molecule has 1 aromatic heterocycles. The van der Waals surface area contributed by atoms with Crippen LogP contribution in [0.3, 0.4) is 0 Å². The van der Waals surface area contributed by atoms with Gasteiger partial charge in [0.15, 0.2) is 0 Å². The highest BCUT2D eigenvalue weighted by atomic mass is 16.5. The van der Waals surface area contributed by atoms with Crippen LogP contribution in [0.25, 0.3) is 5.69 Å². The lowest BCUT2D eigenvalue weighted by Gasteiger charge is -2.18. The molecule has 6 heteroatoms. The van der Waals surface area contributed by atoms with Crippen molar-refractivity contribution in [1.82, 2.24) is 15.0 Å². The van der Waals surface area contributed by atoms with Crippen molar-refractivity contribution < 1.29 is 9.53 Å². The molecule has 4 rings (SSSR count). The van der Waals surface area contributed by atoms with Gasteiger partial charge in [0.25, 0.3) is 5.91 Å². The summed E-state index contributed by atoms with van der Waals surface area (Å²) in [5, 5.41) is 7.72. The van der Waals surface area contributed by atoms with Crippen LogP contribution in [0.5, 0.6) is 5.75 Å². The van der Waals surface area contributed by atoms with E-state index in [4.69, 9.17) is 4.74 Å². The highest BCUT2D eigenvalue weighted by Gasteiger charge is 2.17. The van der Waals surface area contributed by atoms with Crippen LogP contribution in [-0.4, -0.2) is 34.6 Å². The smallest absolute Gasteiger partial charge is 0.258 e. The van der Waals surface area contributed by atoms with Gasteiger partial charge in [-0.3, -0.25) is 4.79 Å². The third-order valence-electron chi connectivity index (χ3n) is 4.17. The van der Waals surface area contributed by atoms with E-state index in [0.29, 0.717) is 12.2 Å². The zero-order chi connectivity index (χ0) is 16.5. The third kappa shape index (κ3) is 2.52. The van der Waals surface area contributed by atoms with Crippen molar-refractivity contribution >= 4 is 11.6 Å². The number of nitrogens with zero attached hydrogens (tertiary/aromatic N) is 4. The van der Waals surface area contributed by atoms with Gasteiger partial charge in [-0.2, -0.15) is 0 Å². The predicted molar refractivity (Wildman–Crippen MR) is 89.7 cm³/mol. The molecule has 0 aliphatic carbocycles. The number of aromatic nitrogens is 3. The topological polar surface area (TPSA) is 60.2 Å². The van der Waals surface area contributed by atoms with Crippen molar-refractivity contribution in [2.24, 2.45) is 0 Å². The number of hydrogen-bond donors (Lipinski definition) is 0. The van der Waals surface area contributed by atoms with E-state index in [0.717, 1.165) is 29.1 Å². The fourth-order valence-electron chi connectivity index (χ4n) is 2.80. The number of anilines is 1. The summed E-state index contributed by atoms with van der Waals surface area (Å²) in [6, 6.07) is 13.2. The maximum Gasteiger partial charge on any atom is 0.258 e. The van der Waals surface area contributed by atoms with Crippen LogP contribution in [-0.2, 0) is 6.42 Å². The van der Waals surface area contributed by atoms with Gasteiger partial charge in [0.1, 0.15) is 5.75 Å². The summed E-state index contributed by atoms with van der Waals surface area (Å²) >= 11 is 0. The lowest BCUT2D eigenvalue weighted by molar-refractivity contribution is 0.0993. The minimum absolute atomic E-state index is 0.0565. The Labute approximate surface area is 139 Å². The van der Waals surface area contributed by atoms with E-state index < -0.39 is 0 Å². The summed E-state index contributed by atoms with van der Waals surface area (Å²) in [4.78, 5) is 14.4. The number of benzene rings is 2. The molecule has 1 amide bonds. The number of hydrogen-bond acceptors (Lipinski definition) is 4. The van der Waals surface area contributed by atoms with Crippen LogP contribution in [0.2, 0.25) is 0 Å². The molecule has 24 heavy (non-hydrogen) atoms. The van der Waals surface area contributed by atoms with Crippen LogP contribution in [0.4, 0.5) is 5.69 Å². The fraction of sp³-hybridized carbons (Fsp3) is 0.167. The summed E-state index contributed by atoms with van der Waals surface area (Å²) in [7, 11) is 1.78. The van der Waals surface area contributed by atoms with E-state index in [1.54, 1.807) is 41.2 Å². The summed E-state index contributed by atoms with van der Waals surface area (Å²) in [5.74, 6) is 0.857. The first-order valence-corrected chi connectivity index (χ1v) is 7.73. The first kappa shape index (κ1) is 14.4. The molecule has 0 unspecified atom stereocenters. The standard InChI is InChI=1S/C18H16N4O2/c1-21(16-6-7-17-14(12-16)8-11-24-17)18(23)13-2-4-15(5-3-13)22-10-9-19-20-22/h2-7,9-10,12H,8,11H2,1H3. The van der Waals surface area contributed by atoms with Gasteiger partial charge in [-0.1, -0.05) is 5.21 Å². The lowest BCUT2D eigenvalue weighted by Crippen LogP contribution is -2.26. The van der Waals surface area contributed by atoms with Crippen LogP contribution in [0.1, 0.15) is 15.9 Å². The Hall–Kier alpha value is -3.15. The van der Waals surface area contributed by atoms with Crippen LogP contribution in [0.15, 0.2) is 54.9 Å². The van der Waals surface area contributed by atoms with Crippen LogP contribution < -0.4 is 9.64 Å². The number of fused-ring (bicyclic) bond motifs is 1. The van der Waals surface area contributed by atoms with Crippen molar-refractivity contribution in [3.63, 3.8) is 0 Å². The molecule has 3 aromatic rings. The molecule has 0 saturated carbocycles. The maximum atomic E-state index is 12.7. The summed E-state index contributed by atoms with van der Waals surface area (Å²) in [5.41, 5.74) is 3.50. The Morgan fingerprint density at radius 2 is 2.04 bits per heavy atom. The van der Waals surface area contributed by atoms with Crippen molar-refractivity contribution in [3.8, 4) is 11.4 Å². The highest BCUT2D eigenvalue weighted by Crippen LogP contribution is 2.29.